The molecule has 0 saturated heterocycles. The zero-order valence-electron chi connectivity index (χ0n) is 8.24. The number of rotatable bonds is 2. The first-order valence-electron chi connectivity index (χ1n) is 4.58. The van der Waals surface area contributed by atoms with Crippen molar-refractivity contribution in [3.05, 3.63) is 34.7 Å². The van der Waals surface area contributed by atoms with Crippen molar-refractivity contribution >= 4 is 28.0 Å². The van der Waals surface area contributed by atoms with Gasteiger partial charge in [-0.25, -0.2) is 4.99 Å². The molecule has 15 heavy (non-hydrogen) atoms. The maximum Gasteiger partial charge on any atom is 0.154 e. The van der Waals surface area contributed by atoms with Gasteiger partial charge >= 0.3 is 0 Å². The van der Waals surface area contributed by atoms with E-state index < -0.39 is 0 Å². The summed E-state index contributed by atoms with van der Waals surface area (Å²) in [5.74, 6) is 0. The SMILES string of the molecule is CC1=C(Br)C(Nc2cccnc2)N=CN1. The lowest BCUT2D eigenvalue weighted by Crippen LogP contribution is -2.27. The van der Waals surface area contributed by atoms with Gasteiger partial charge < -0.3 is 10.6 Å². The van der Waals surface area contributed by atoms with Crippen LogP contribution in [0.1, 0.15) is 6.92 Å². The minimum Gasteiger partial charge on any atom is -0.358 e. The van der Waals surface area contributed by atoms with Crippen LogP contribution in [0.3, 0.4) is 0 Å². The number of hydrogen-bond donors (Lipinski definition) is 2. The molecule has 2 N–H and O–H groups in total. The number of aliphatic imine (C=N–C) groups is 1. The second-order valence-electron chi connectivity index (χ2n) is 3.18. The minimum absolute atomic E-state index is 0.0737. The Morgan fingerprint density at radius 1 is 1.53 bits per heavy atom. The Labute approximate surface area is 96.6 Å². The number of pyridine rings is 1. The molecule has 5 heteroatoms. The molecule has 0 aromatic carbocycles. The molecular weight excluding hydrogens is 256 g/mol. The van der Waals surface area contributed by atoms with E-state index in [2.05, 4.69) is 36.5 Å². The molecule has 0 amide bonds. The Balaban J connectivity index is 2.13. The number of nitrogens with zero attached hydrogens (tertiary/aromatic N) is 2. The minimum atomic E-state index is -0.0737. The number of allylic oxidation sites excluding steroid dienone is 1. The van der Waals surface area contributed by atoms with Crippen LogP contribution in [-0.2, 0) is 0 Å². The standard InChI is InChI=1S/C10H11BrN4/c1-7-9(11)10(14-6-13-7)15-8-3-2-4-12-5-8/h2-6,10,15H,1H3,(H,13,14). The van der Waals surface area contributed by atoms with Crippen molar-refractivity contribution in [2.45, 2.75) is 13.1 Å². The van der Waals surface area contributed by atoms with Crippen LogP contribution >= 0.6 is 15.9 Å². The van der Waals surface area contributed by atoms with Crippen LogP contribution < -0.4 is 10.6 Å². The lowest BCUT2D eigenvalue weighted by molar-refractivity contribution is 0.870. The van der Waals surface area contributed by atoms with Gasteiger partial charge in [-0.05, 0) is 35.0 Å². The van der Waals surface area contributed by atoms with Gasteiger partial charge in [0, 0.05) is 18.1 Å². The molecule has 1 aromatic heterocycles. The molecule has 2 rings (SSSR count). The molecule has 0 radical (unpaired) electrons. The number of anilines is 1. The van der Waals surface area contributed by atoms with Crippen molar-refractivity contribution < 1.29 is 0 Å². The maximum atomic E-state index is 4.28. The fourth-order valence-electron chi connectivity index (χ4n) is 1.25. The maximum absolute atomic E-state index is 4.28. The third-order valence-electron chi connectivity index (χ3n) is 2.07. The molecular formula is C10H11BrN4. The third kappa shape index (κ3) is 2.36. The third-order valence-corrected chi connectivity index (χ3v) is 3.10. The van der Waals surface area contributed by atoms with E-state index in [-0.39, 0.29) is 6.17 Å². The van der Waals surface area contributed by atoms with E-state index in [0.717, 1.165) is 15.9 Å². The van der Waals surface area contributed by atoms with E-state index in [4.69, 9.17) is 0 Å². The zero-order valence-corrected chi connectivity index (χ0v) is 9.82. The molecule has 1 unspecified atom stereocenters. The summed E-state index contributed by atoms with van der Waals surface area (Å²) in [5.41, 5.74) is 2.01. The summed E-state index contributed by atoms with van der Waals surface area (Å²) in [7, 11) is 0. The predicted octanol–water partition coefficient (Wildman–Crippen LogP) is 2.08. The monoisotopic (exact) mass is 266 g/mol. The average molecular weight is 267 g/mol. The highest BCUT2D eigenvalue weighted by Crippen LogP contribution is 2.21. The van der Waals surface area contributed by atoms with Crippen molar-refractivity contribution in [1.82, 2.24) is 10.3 Å². The lowest BCUT2D eigenvalue weighted by atomic mass is 10.3. The van der Waals surface area contributed by atoms with Crippen LogP contribution in [0.15, 0.2) is 39.7 Å². The van der Waals surface area contributed by atoms with Crippen LogP contribution in [0.25, 0.3) is 0 Å². The largest absolute Gasteiger partial charge is 0.358 e. The topological polar surface area (TPSA) is 49.3 Å². The van der Waals surface area contributed by atoms with Crippen molar-refractivity contribution in [3.8, 4) is 0 Å². The summed E-state index contributed by atoms with van der Waals surface area (Å²) >= 11 is 3.50. The second kappa shape index (κ2) is 4.44. The molecule has 1 aromatic rings. The van der Waals surface area contributed by atoms with E-state index in [1.807, 2.05) is 19.1 Å². The number of nitrogens with one attached hydrogen (secondary N) is 2. The van der Waals surface area contributed by atoms with Gasteiger partial charge in [-0.2, -0.15) is 0 Å². The highest BCUT2D eigenvalue weighted by atomic mass is 79.9. The van der Waals surface area contributed by atoms with Gasteiger partial charge in [0.25, 0.3) is 0 Å². The smallest absolute Gasteiger partial charge is 0.154 e. The number of aromatic nitrogens is 1. The van der Waals surface area contributed by atoms with Crippen LogP contribution in [0.2, 0.25) is 0 Å². The summed E-state index contributed by atoms with van der Waals surface area (Å²) in [5, 5.41) is 6.29. The molecule has 2 heterocycles. The van der Waals surface area contributed by atoms with Gasteiger partial charge in [0.2, 0.25) is 0 Å². The summed E-state index contributed by atoms with van der Waals surface area (Å²) in [6, 6.07) is 3.85. The Morgan fingerprint density at radius 3 is 3.13 bits per heavy atom. The van der Waals surface area contributed by atoms with Crippen LogP contribution in [-0.4, -0.2) is 17.5 Å². The highest BCUT2D eigenvalue weighted by Gasteiger charge is 2.15. The normalized spacial score (nSPS) is 20.0. The van der Waals surface area contributed by atoms with Gasteiger partial charge in [-0.1, -0.05) is 0 Å². The average Bonchev–Trinajstić information content (AvgIpc) is 2.26. The zero-order chi connectivity index (χ0) is 10.7. The summed E-state index contributed by atoms with van der Waals surface area (Å²) in [6.45, 7) is 1.99. The molecule has 0 aliphatic carbocycles. The van der Waals surface area contributed by atoms with E-state index >= 15 is 0 Å². The first-order valence-corrected chi connectivity index (χ1v) is 5.37. The van der Waals surface area contributed by atoms with Gasteiger partial charge in [0.1, 0.15) is 0 Å². The molecule has 4 nitrogen and oxygen atoms in total. The van der Waals surface area contributed by atoms with Gasteiger partial charge in [0.05, 0.1) is 16.5 Å². The molecule has 0 saturated carbocycles. The first-order chi connectivity index (χ1) is 7.27. The summed E-state index contributed by atoms with van der Waals surface area (Å²) in [6.07, 6.45) is 5.13. The lowest BCUT2D eigenvalue weighted by Gasteiger charge is -2.20. The second-order valence-corrected chi connectivity index (χ2v) is 4.04. The number of halogens is 1. The van der Waals surface area contributed by atoms with Crippen molar-refractivity contribution in [3.63, 3.8) is 0 Å². The van der Waals surface area contributed by atoms with Gasteiger partial charge in [0.15, 0.2) is 6.17 Å². The molecule has 0 fully saturated rings. The Hall–Kier alpha value is -1.36. The van der Waals surface area contributed by atoms with Crippen LogP contribution in [0.5, 0.6) is 0 Å². The molecule has 78 valence electrons. The number of hydrogen-bond acceptors (Lipinski definition) is 4. The van der Waals surface area contributed by atoms with Crippen molar-refractivity contribution in [2.24, 2.45) is 4.99 Å². The van der Waals surface area contributed by atoms with Crippen molar-refractivity contribution in [2.75, 3.05) is 5.32 Å². The van der Waals surface area contributed by atoms with Gasteiger partial charge in [-0.3, -0.25) is 4.98 Å². The van der Waals surface area contributed by atoms with Crippen molar-refractivity contribution in [1.29, 1.82) is 0 Å². The Kier molecular flexibility index (Phi) is 3.01. The quantitative estimate of drug-likeness (QED) is 0.862. The summed E-state index contributed by atoms with van der Waals surface area (Å²) in [4.78, 5) is 8.31. The van der Waals surface area contributed by atoms with E-state index in [9.17, 15) is 0 Å². The van der Waals surface area contributed by atoms with E-state index in [0.29, 0.717) is 0 Å². The Bertz CT molecular complexity index is 399. The summed E-state index contributed by atoms with van der Waals surface area (Å²) < 4.78 is 1.01. The van der Waals surface area contributed by atoms with E-state index in [1.165, 1.54) is 0 Å². The molecule has 0 bridgehead atoms. The molecule has 1 aliphatic heterocycles. The molecule has 1 aliphatic rings. The fraction of sp³-hybridized carbons (Fsp3) is 0.200. The fourth-order valence-corrected chi connectivity index (χ4v) is 1.60. The first kappa shape index (κ1) is 10.2. The highest BCUT2D eigenvalue weighted by molar-refractivity contribution is 9.11. The van der Waals surface area contributed by atoms with E-state index in [1.54, 1.807) is 18.7 Å². The molecule has 1 atom stereocenters. The molecule has 0 spiro atoms. The predicted molar refractivity (Wildman–Crippen MR) is 64.9 cm³/mol. The Morgan fingerprint density at radius 2 is 2.40 bits per heavy atom. The van der Waals surface area contributed by atoms with Crippen LogP contribution in [0.4, 0.5) is 5.69 Å². The van der Waals surface area contributed by atoms with Gasteiger partial charge in [-0.15, -0.1) is 0 Å². The van der Waals surface area contributed by atoms with Crippen LogP contribution in [0, 0.1) is 0 Å².